The van der Waals surface area contributed by atoms with Gasteiger partial charge in [-0.25, -0.2) is 4.79 Å². The van der Waals surface area contributed by atoms with Crippen LogP contribution in [0.25, 0.3) is 11.6 Å². The summed E-state index contributed by atoms with van der Waals surface area (Å²) in [6.07, 6.45) is 1.14. The molecule has 0 aliphatic rings. The van der Waals surface area contributed by atoms with Gasteiger partial charge < -0.3 is 10.8 Å². The van der Waals surface area contributed by atoms with E-state index >= 15 is 0 Å². The van der Waals surface area contributed by atoms with Crippen molar-refractivity contribution in [2.45, 2.75) is 13.1 Å². The summed E-state index contributed by atoms with van der Waals surface area (Å²) in [7, 11) is 0. The Morgan fingerprint density at radius 2 is 1.56 bits per heavy atom. The highest BCUT2D eigenvalue weighted by Gasteiger charge is 2.38. The predicted molar refractivity (Wildman–Crippen MR) is 93.7 cm³/mol. The second-order valence-corrected chi connectivity index (χ2v) is 5.01. The number of rotatable bonds is 3. The van der Waals surface area contributed by atoms with E-state index in [0.29, 0.717) is 0 Å². The molecule has 0 fully saturated rings. The Morgan fingerprint density at radius 1 is 1.04 bits per heavy atom. The Bertz CT molecular complexity index is 751. The second kappa shape index (κ2) is 9.32. The van der Waals surface area contributed by atoms with Crippen molar-refractivity contribution in [3.05, 3.63) is 77.9 Å². The number of nitrogen functional groups attached to an aromatic ring is 1. The summed E-state index contributed by atoms with van der Waals surface area (Å²) in [6, 6.07) is 18.2. The molecule has 0 saturated carbocycles. The van der Waals surface area contributed by atoms with Gasteiger partial charge in [0.05, 0.1) is 0 Å². The first-order valence-electron chi connectivity index (χ1n) is 7.27. The van der Waals surface area contributed by atoms with Gasteiger partial charge >= 0.3 is 12.1 Å². The minimum atomic E-state index is -5.08. The van der Waals surface area contributed by atoms with Crippen LogP contribution in [0.1, 0.15) is 18.1 Å². The van der Waals surface area contributed by atoms with E-state index in [1.54, 1.807) is 0 Å². The Balaban J connectivity index is 0.000000381. The summed E-state index contributed by atoms with van der Waals surface area (Å²) >= 11 is 0. The third-order valence-corrected chi connectivity index (χ3v) is 3.06. The zero-order valence-electron chi connectivity index (χ0n) is 13.5. The molecule has 0 atom stereocenters. The summed E-state index contributed by atoms with van der Waals surface area (Å²) < 4.78 is 31.7. The molecule has 25 heavy (non-hydrogen) atoms. The van der Waals surface area contributed by atoms with Crippen LogP contribution in [0.4, 0.5) is 18.9 Å². The molecular weight excluding hydrogens is 331 g/mol. The van der Waals surface area contributed by atoms with Crippen molar-refractivity contribution in [1.82, 2.24) is 0 Å². The van der Waals surface area contributed by atoms with Crippen LogP contribution in [0.2, 0.25) is 0 Å². The highest BCUT2D eigenvalue weighted by Crippen LogP contribution is 2.20. The first-order valence-corrected chi connectivity index (χ1v) is 7.27. The lowest BCUT2D eigenvalue weighted by Crippen LogP contribution is -2.21. The Hall–Kier alpha value is -3.02. The highest BCUT2D eigenvalue weighted by atomic mass is 19.4. The number of hydrogen-bond donors (Lipinski definition) is 2. The Morgan fingerprint density at radius 3 is 2.08 bits per heavy atom. The molecule has 3 N–H and O–H groups in total. The van der Waals surface area contributed by atoms with Gasteiger partial charge in [-0.1, -0.05) is 66.8 Å². The van der Waals surface area contributed by atoms with Gasteiger partial charge in [0, 0.05) is 11.3 Å². The standard InChI is InChI=1S/C17H17N.C2HF3O2/c1-14(16-12-5-6-13-17(16)18)8-7-11-15-9-3-2-4-10-15;3-2(4,5)1(6)7/h2-13H,18H2,1H3;(H,6,7)/b11-7+,14-8-;. The van der Waals surface area contributed by atoms with Crippen LogP contribution >= 0.6 is 0 Å². The van der Waals surface area contributed by atoms with Crippen LogP contribution in [0.3, 0.4) is 0 Å². The minimum absolute atomic E-state index is 0.819. The molecule has 2 rings (SSSR count). The molecule has 132 valence electrons. The van der Waals surface area contributed by atoms with Gasteiger partial charge in [0.15, 0.2) is 0 Å². The molecule has 0 amide bonds. The van der Waals surface area contributed by atoms with Crippen LogP contribution in [0, 0.1) is 0 Å². The van der Waals surface area contributed by atoms with Gasteiger partial charge in [-0.3, -0.25) is 0 Å². The predicted octanol–water partition coefficient (Wildman–Crippen LogP) is 5.02. The number of alkyl halides is 3. The molecule has 2 aromatic carbocycles. The molecule has 0 unspecified atom stereocenters. The topological polar surface area (TPSA) is 63.3 Å². The molecule has 0 radical (unpaired) electrons. The maximum atomic E-state index is 10.6. The second-order valence-electron chi connectivity index (χ2n) is 5.01. The van der Waals surface area contributed by atoms with E-state index in [2.05, 4.69) is 37.3 Å². The van der Waals surface area contributed by atoms with Gasteiger partial charge in [-0.15, -0.1) is 0 Å². The number of carboxylic acids is 1. The van der Waals surface area contributed by atoms with E-state index in [1.165, 1.54) is 11.1 Å². The molecular formula is C19H18F3NO2. The number of para-hydroxylation sites is 1. The lowest BCUT2D eigenvalue weighted by atomic mass is 10.0. The van der Waals surface area contributed by atoms with Gasteiger partial charge in [-0.05, 0) is 24.1 Å². The Labute approximate surface area is 143 Å². The van der Waals surface area contributed by atoms with E-state index in [4.69, 9.17) is 15.6 Å². The van der Waals surface area contributed by atoms with Crippen molar-refractivity contribution < 1.29 is 23.1 Å². The van der Waals surface area contributed by atoms with Crippen molar-refractivity contribution in [2.24, 2.45) is 0 Å². The molecule has 0 aliphatic heterocycles. The van der Waals surface area contributed by atoms with Crippen LogP contribution in [-0.4, -0.2) is 17.3 Å². The average molecular weight is 349 g/mol. The van der Waals surface area contributed by atoms with Crippen molar-refractivity contribution >= 4 is 23.3 Å². The zero-order chi connectivity index (χ0) is 18.9. The molecule has 6 heteroatoms. The van der Waals surface area contributed by atoms with Crippen molar-refractivity contribution in [3.63, 3.8) is 0 Å². The SMILES string of the molecule is C/C(=C/C=C/c1ccccc1)c1ccccc1N.O=C(O)C(F)(F)F. The third kappa shape index (κ3) is 7.39. The molecule has 2 aromatic rings. The fraction of sp³-hybridized carbons (Fsp3) is 0.105. The van der Waals surface area contributed by atoms with Gasteiger partial charge in [-0.2, -0.15) is 13.2 Å². The molecule has 0 saturated heterocycles. The molecule has 0 spiro atoms. The fourth-order valence-corrected chi connectivity index (χ4v) is 1.81. The summed E-state index contributed by atoms with van der Waals surface area (Å²) in [6.45, 7) is 2.07. The molecule has 0 heterocycles. The highest BCUT2D eigenvalue weighted by molar-refractivity contribution is 5.75. The normalized spacial score (nSPS) is 11.8. The third-order valence-electron chi connectivity index (χ3n) is 3.06. The van der Waals surface area contributed by atoms with Crippen LogP contribution < -0.4 is 5.73 Å². The number of benzene rings is 2. The molecule has 0 bridgehead atoms. The van der Waals surface area contributed by atoms with E-state index in [9.17, 15) is 13.2 Å². The smallest absolute Gasteiger partial charge is 0.475 e. The van der Waals surface area contributed by atoms with Crippen LogP contribution in [0.5, 0.6) is 0 Å². The van der Waals surface area contributed by atoms with Gasteiger partial charge in [0.1, 0.15) is 0 Å². The first kappa shape index (κ1) is 20.0. The molecule has 3 nitrogen and oxygen atoms in total. The number of nitrogens with two attached hydrogens (primary N) is 1. The van der Waals surface area contributed by atoms with Gasteiger partial charge in [0.25, 0.3) is 0 Å². The van der Waals surface area contributed by atoms with E-state index in [0.717, 1.165) is 11.3 Å². The maximum Gasteiger partial charge on any atom is 0.490 e. The van der Waals surface area contributed by atoms with E-state index < -0.39 is 12.1 Å². The first-order chi connectivity index (χ1) is 11.7. The van der Waals surface area contributed by atoms with Gasteiger partial charge in [0.2, 0.25) is 0 Å². The largest absolute Gasteiger partial charge is 0.490 e. The molecule has 0 aromatic heterocycles. The number of carbonyl (C=O) groups is 1. The number of hydrogen-bond acceptors (Lipinski definition) is 2. The minimum Gasteiger partial charge on any atom is -0.475 e. The quantitative estimate of drug-likeness (QED) is 0.604. The monoisotopic (exact) mass is 349 g/mol. The van der Waals surface area contributed by atoms with Crippen LogP contribution in [-0.2, 0) is 4.79 Å². The number of allylic oxidation sites excluding steroid dienone is 3. The summed E-state index contributed by atoms with van der Waals surface area (Å²) in [5.41, 5.74) is 10.2. The van der Waals surface area contributed by atoms with E-state index in [-0.39, 0.29) is 0 Å². The summed E-state index contributed by atoms with van der Waals surface area (Å²) in [5, 5.41) is 7.12. The Kier molecular flexibility index (Phi) is 7.46. The summed E-state index contributed by atoms with van der Waals surface area (Å²) in [4.78, 5) is 8.90. The van der Waals surface area contributed by atoms with E-state index in [1.807, 2.05) is 42.5 Å². The average Bonchev–Trinajstić information content (AvgIpc) is 2.56. The molecule has 0 aliphatic carbocycles. The number of anilines is 1. The van der Waals surface area contributed by atoms with Crippen LogP contribution in [0.15, 0.2) is 66.7 Å². The maximum absolute atomic E-state index is 10.6. The van der Waals surface area contributed by atoms with Crippen molar-refractivity contribution in [2.75, 3.05) is 5.73 Å². The number of carboxylic acid groups (broad SMARTS) is 1. The lowest BCUT2D eigenvalue weighted by Gasteiger charge is -2.04. The van der Waals surface area contributed by atoms with Crippen molar-refractivity contribution in [3.8, 4) is 0 Å². The summed E-state index contributed by atoms with van der Waals surface area (Å²) in [5.74, 6) is -2.76. The number of halogens is 3. The fourth-order valence-electron chi connectivity index (χ4n) is 1.81. The van der Waals surface area contributed by atoms with Crippen molar-refractivity contribution in [1.29, 1.82) is 0 Å². The number of aliphatic carboxylic acids is 1. The lowest BCUT2D eigenvalue weighted by molar-refractivity contribution is -0.192. The zero-order valence-corrected chi connectivity index (χ0v) is 13.5.